The molecule has 158 valence electrons. The number of hydrogen-bond acceptors (Lipinski definition) is 6. The highest BCUT2D eigenvalue weighted by Crippen LogP contribution is 2.33. The zero-order valence-corrected chi connectivity index (χ0v) is 16.8. The van der Waals surface area contributed by atoms with Crippen LogP contribution in [0.2, 0.25) is 0 Å². The third-order valence-corrected chi connectivity index (χ3v) is 6.74. The topological polar surface area (TPSA) is 165 Å². The highest BCUT2D eigenvalue weighted by Gasteiger charge is 2.39. The van der Waals surface area contributed by atoms with Gasteiger partial charge in [0.2, 0.25) is 15.9 Å². The predicted molar refractivity (Wildman–Crippen MR) is 109 cm³/mol. The van der Waals surface area contributed by atoms with Gasteiger partial charge in [0.15, 0.2) is 0 Å². The second kappa shape index (κ2) is 7.73. The summed E-state index contributed by atoms with van der Waals surface area (Å²) >= 11 is 0. The number of benzene rings is 2. The zero-order chi connectivity index (χ0) is 22.2. The van der Waals surface area contributed by atoms with Crippen molar-refractivity contribution in [1.29, 1.82) is 5.26 Å². The number of nitriles is 1. The van der Waals surface area contributed by atoms with E-state index in [9.17, 15) is 28.4 Å². The SMILES string of the molecule is N#Cc1cc(C[C@H](NC(=O)O)c2nc3ccccc3[nH]2)ccc1C1CC(=O)NS1(=O)=O. The molecule has 0 bridgehead atoms. The first kappa shape index (κ1) is 20.4. The van der Waals surface area contributed by atoms with Crippen LogP contribution in [0.5, 0.6) is 0 Å². The molecule has 31 heavy (non-hydrogen) atoms. The molecule has 2 amide bonds. The summed E-state index contributed by atoms with van der Waals surface area (Å²) < 4.78 is 26.3. The second-order valence-corrected chi connectivity index (χ2v) is 9.00. The maximum absolute atomic E-state index is 12.2. The number of carboxylic acid groups (broad SMARTS) is 1. The van der Waals surface area contributed by atoms with Crippen molar-refractivity contribution in [3.05, 3.63) is 65.0 Å². The molecule has 11 heteroatoms. The molecule has 1 fully saturated rings. The van der Waals surface area contributed by atoms with Gasteiger partial charge in [0.1, 0.15) is 11.1 Å². The van der Waals surface area contributed by atoms with E-state index in [0.717, 1.165) is 5.52 Å². The molecule has 0 saturated carbocycles. The maximum atomic E-state index is 12.2. The van der Waals surface area contributed by atoms with E-state index >= 15 is 0 Å². The Morgan fingerprint density at radius 2 is 2.10 bits per heavy atom. The van der Waals surface area contributed by atoms with Gasteiger partial charge in [-0.1, -0.05) is 24.3 Å². The molecular weight excluding hydrogens is 422 g/mol. The van der Waals surface area contributed by atoms with Crippen LogP contribution in [0.25, 0.3) is 11.0 Å². The summed E-state index contributed by atoms with van der Waals surface area (Å²) in [5, 5.41) is 20.1. The monoisotopic (exact) mass is 439 g/mol. The number of H-pyrrole nitrogens is 1. The van der Waals surface area contributed by atoms with Crippen LogP contribution in [0.4, 0.5) is 4.79 Å². The first-order chi connectivity index (χ1) is 14.8. The molecule has 1 aromatic heterocycles. The summed E-state index contributed by atoms with van der Waals surface area (Å²) in [6, 6.07) is 13.1. The highest BCUT2D eigenvalue weighted by atomic mass is 32.2. The molecule has 0 spiro atoms. The van der Waals surface area contributed by atoms with Gasteiger partial charge >= 0.3 is 6.09 Å². The Labute approximate surface area is 177 Å². The Hall–Kier alpha value is -3.91. The average Bonchev–Trinajstić information content (AvgIpc) is 3.26. The molecule has 0 aliphatic carbocycles. The molecule has 4 N–H and O–H groups in total. The van der Waals surface area contributed by atoms with Crippen LogP contribution in [0.3, 0.4) is 0 Å². The van der Waals surface area contributed by atoms with Gasteiger partial charge in [0.25, 0.3) is 0 Å². The van der Waals surface area contributed by atoms with E-state index < -0.39 is 33.3 Å². The van der Waals surface area contributed by atoms with E-state index in [0.29, 0.717) is 16.9 Å². The average molecular weight is 439 g/mol. The zero-order valence-electron chi connectivity index (χ0n) is 16.0. The molecule has 1 unspecified atom stereocenters. The number of amides is 2. The normalized spacial score (nSPS) is 18.3. The second-order valence-electron chi connectivity index (χ2n) is 7.14. The molecule has 4 rings (SSSR count). The fourth-order valence-corrected chi connectivity index (χ4v) is 5.13. The first-order valence-corrected chi connectivity index (χ1v) is 10.8. The number of hydrogen-bond donors (Lipinski definition) is 4. The number of sulfonamides is 1. The Kier molecular flexibility index (Phi) is 5.08. The summed E-state index contributed by atoms with van der Waals surface area (Å²) in [4.78, 5) is 30.4. The van der Waals surface area contributed by atoms with E-state index in [2.05, 4.69) is 15.3 Å². The quantitative estimate of drug-likeness (QED) is 0.471. The van der Waals surface area contributed by atoms with Gasteiger partial charge < -0.3 is 15.4 Å². The summed E-state index contributed by atoms with van der Waals surface area (Å²) in [6.45, 7) is 0. The van der Waals surface area contributed by atoms with Crippen molar-refractivity contribution in [3.8, 4) is 6.07 Å². The number of aromatic nitrogens is 2. The van der Waals surface area contributed by atoms with Crippen molar-refractivity contribution in [2.24, 2.45) is 0 Å². The number of para-hydroxylation sites is 2. The van der Waals surface area contributed by atoms with E-state index in [1.54, 1.807) is 12.1 Å². The van der Waals surface area contributed by atoms with Crippen molar-refractivity contribution in [3.63, 3.8) is 0 Å². The third-order valence-electron chi connectivity index (χ3n) is 5.06. The van der Waals surface area contributed by atoms with Crippen molar-refractivity contribution in [1.82, 2.24) is 20.0 Å². The predicted octanol–water partition coefficient (Wildman–Crippen LogP) is 1.88. The molecule has 2 heterocycles. The van der Waals surface area contributed by atoms with Gasteiger partial charge in [-0.15, -0.1) is 0 Å². The van der Waals surface area contributed by atoms with Crippen molar-refractivity contribution >= 4 is 33.1 Å². The Morgan fingerprint density at radius 3 is 2.74 bits per heavy atom. The number of nitrogens with zero attached hydrogens (tertiary/aromatic N) is 2. The molecule has 1 aliphatic rings. The van der Waals surface area contributed by atoms with Crippen LogP contribution in [0.15, 0.2) is 42.5 Å². The van der Waals surface area contributed by atoms with Gasteiger partial charge in [-0.3, -0.25) is 9.52 Å². The number of aromatic amines is 1. The van der Waals surface area contributed by atoms with Gasteiger partial charge in [0.05, 0.1) is 35.1 Å². The van der Waals surface area contributed by atoms with E-state index in [1.807, 2.05) is 29.0 Å². The third kappa shape index (κ3) is 4.06. The largest absolute Gasteiger partial charge is 0.465 e. The number of fused-ring (bicyclic) bond motifs is 1. The fourth-order valence-electron chi connectivity index (χ4n) is 3.67. The van der Waals surface area contributed by atoms with Gasteiger partial charge in [-0.2, -0.15) is 5.26 Å². The smallest absolute Gasteiger partial charge is 0.405 e. The lowest BCUT2D eigenvalue weighted by Gasteiger charge is -2.16. The molecule has 2 atom stereocenters. The highest BCUT2D eigenvalue weighted by molar-refractivity contribution is 7.90. The number of carbonyl (C=O) groups is 2. The van der Waals surface area contributed by atoms with Crippen LogP contribution in [0.1, 0.15) is 40.2 Å². The molecule has 3 aromatic rings. The summed E-state index contributed by atoms with van der Waals surface area (Å²) in [5.74, 6) is -0.201. The van der Waals surface area contributed by atoms with E-state index in [1.165, 1.54) is 12.1 Å². The van der Waals surface area contributed by atoms with Crippen molar-refractivity contribution in [2.45, 2.75) is 24.1 Å². The van der Waals surface area contributed by atoms with Crippen LogP contribution in [-0.4, -0.2) is 35.5 Å². The minimum absolute atomic E-state index is 0.112. The minimum Gasteiger partial charge on any atom is -0.465 e. The number of rotatable bonds is 5. The first-order valence-electron chi connectivity index (χ1n) is 9.28. The van der Waals surface area contributed by atoms with Crippen molar-refractivity contribution in [2.75, 3.05) is 0 Å². The number of imidazole rings is 1. The number of nitrogens with one attached hydrogen (secondary N) is 3. The van der Waals surface area contributed by atoms with Crippen LogP contribution >= 0.6 is 0 Å². The van der Waals surface area contributed by atoms with Crippen molar-refractivity contribution < 1.29 is 23.1 Å². The standard InChI is InChI=1S/C20H17N5O5S/c21-10-12-7-11(5-6-13(12)17-9-18(26)25-31(17,29)30)8-16(24-20(27)28)19-22-14-3-1-2-4-15(14)23-19/h1-7,16-17,24H,8-9H2,(H,22,23)(H,25,26)(H,27,28)/t16-,17?/m0/s1. The summed E-state index contributed by atoms with van der Waals surface area (Å²) in [7, 11) is -3.89. The molecule has 2 aromatic carbocycles. The summed E-state index contributed by atoms with van der Waals surface area (Å²) in [5.41, 5.74) is 2.39. The van der Waals surface area contributed by atoms with Gasteiger partial charge in [-0.25, -0.2) is 18.2 Å². The molecule has 10 nitrogen and oxygen atoms in total. The minimum atomic E-state index is -3.89. The van der Waals surface area contributed by atoms with E-state index in [4.69, 9.17) is 0 Å². The fraction of sp³-hybridized carbons (Fsp3) is 0.200. The number of carbonyl (C=O) groups excluding carboxylic acids is 1. The van der Waals surface area contributed by atoms with Gasteiger partial charge in [-0.05, 0) is 29.3 Å². The maximum Gasteiger partial charge on any atom is 0.405 e. The lowest BCUT2D eigenvalue weighted by molar-refractivity contribution is -0.118. The van der Waals surface area contributed by atoms with E-state index in [-0.39, 0.29) is 24.0 Å². The Bertz CT molecular complexity index is 1310. The van der Waals surface area contributed by atoms with Crippen LogP contribution < -0.4 is 10.0 Å². The summed E-state index contributed by atoms with van der Waals surface area (Å²) in [6.07, 6.45) is -1.31. The Morgan fingerprint density at radius 1 is 1.32 bits per heavy atom. The molecule has 1 saturated heterocycles. The molecular formula is C20H17N5O5S. The lowest BCUT2D eigenvalue weighted by atomic mass is 9.97. The lowest BCUT2D eigenvalue weighted by Crippen LogP contribution is -2.29. The van der Waals surface area contributed by atoms with Crippen LogP contribution in [-0.2, 0) is 21.2 Å². The molecule has 0 radical (unpaired) electrons. The van der Waals surface area contributed by atoms with Crippen LogP contribution in [0, 0.1) is 11.3 Å². The Balaban J connectivity index is 1.67. The van der Waals surface area contributed by atoms with Gasteiger partial charge in [0, 0.05) is 6.42 Å². The molecule has 1 aliphatic heterocycles.